The molecule has 152 valence electrons. The van der Waals surface area contributed by atoms with Crippen LogP contribution in [0.4, 0.5) is 0 Å². The number of nitrogens with zero attached hydrogens (tertiary/aromatic N) is 1. The van der Waals surface area contributed by atoms with Crippen LogP contribution in [0.1, 0.15) is 49.9 Å². The van der Waals surface area contributed by atoms with E-state index in [1.807, 2.05) is 0 Å². The number of hydrogen-bond donors (Lipinski definition) is 3. The Labute approximate surface area is 179 Å². The van der Waals surface area contributed by atoms with Crippen LogP contribution < -0.4 is 20.7 Å². The van der Waals surface area contributed by atoms with Crippen molar-refractivity contribution in [1.29, 1.82) is 0 Å². The molecule has 0 heterocycles. The molecule has 1 amide bonds. The predicted octanol–water partition coefficient (Wildman–Crippen LogP) is 3.18. The summed E-state index contributed by atoms with van der Waals surface area (Å²) in [6, 6.07) is 7.58. The molecular weight excluding hydrogens is 455 g/mol. The van der Waals surface area contributed by atoms with Crippen LogP contribution in [0, 0.1) is 5.92 Å². The SMILES string of the molecule is CCNC(=NCCNC(=O)c1ccc(OC)cc1)NC1CCC(C)CC1.I. The third-order valence-electron chi connectivity index (χ3n) is 4.72. The van der Waals surface area contributed by atoms with Crippen LogP contribution in [-0.2, 0) is 0 Å². The zero-order valence-corrected chi connectivity index (χ0v) is 18.9. The maximum atomic E-state index is 12.1. The van der Waals surface area contributed by atoms with Gasteiger partial charge in [-0.15, -0.1) is 24.0 Å². The van der Waals surface area contributed by atoms with E-state index in [2.05, 4.69) is 34.8 Å². The summed E-state index contributed by atoms with van der Waals surface area (Å²) in [4.78, 5) is 16.7. The average molecular weight is 488 g/mol. The fraction of sp³-hybridized carbons (Fsp3) is 0.600. The second kappa shape index (κ2) is 12.8. The van der Waals surface area contributed by atoms with Crippen molar-refractivity contribution in [3.63, 3.8) is 0 Å². The first kappa shape index (κ1) is 23.5. The summed E-state index contributed by atoms with van der Waals surface area (Å²) in [6.45, 7) is 6.25. The van der Waals surface area contributed by atoms with E-state index < -0.39 is 0 Å². The van der Waals surface area contributed by atoms with Gasteiger partial charge in [-0.2, -0.15) is 0 Å². The molecule has 0 saturated heterocycles. The maximum Gasteiger partial charge on any atom is 0.251 e. The molecule has 0 aromatic heterocycles. The number of carbonyl (C=O) groups is 1. The summed E-state index contributed by atoms with van der Waals surface area (Å²) in [7, 11) is 1.61. The Morgan fingerprint density at radius 1 is 1.15 bits per heavy atom. The molecule has 27 heavy (non-hydrogen) atoms. The fourth-order valence-electron chi connectivity index (χ4n) is 3.10. The molecule has 1 aromatic carbocycles. The summed E-state index contributed by atoms with van der Waals surface area (Å²) in [5, 5.41) is 9.71. The van der Waals surface area contributed by atoms with Crippen LogP contribution in [0.25, 0.3) is 0 Å². The number of methoxy groups -OCH3 is 1. The molecule has 0 unspecified atom stereocenters. The normalized spacial score (nSPS) is 19.6. The van der Waals surface area contributed by atoms with Gasteiger partial charge >= 0.3 is 0 Å². The molecule has 1 aliphatic rings. The smallest absolute Gasteiger partial charge is 0.251 e. The molecule has 0 radical (unpaired) electrons. The van der Waals surface area contributed by atoms with Gasteiger partial charge in [0, 0.05) is 24.7 Å². The summed E-state index contributed by atoms with van der Waals surface area (Å²) < 4.78 is 5.10. The number of aliphatic imine (C=N–C) groups is 1. The third-order valence-corrected chi connectivity index (χ3v) is 4.72. The van der Waals surface area contributed by atoms with Crippen LogP contribution in [0.3, 0.4) is 0 Å². The number of nitrogens with one attached hydrogen (secondary N) is 3. The summed E-state index contributed by atoms with van der Waals surface area (Å²) in [6.07, 6.45) is 4.93. The molecule has 2 rings (SSSR count). The van der Waals surface area contributed by atoms with Crippen molar-refractivity contribution in [3.8, 4) is 5.75 Å². The van der Waals surface area contributed by atoms with Crippen molar-refractivity contribution in [3.05, 3.63) is 29.8 Å². The second-order valence-corrected chi connectivity index (χ2v) is 6.85. The number of hydrogen-bond acceptors (Lipinski definition) is 3. The molecule has 6 nitrogen and oxygen atoms in total. The van der Waals surface area contributed by atoms with E-state index in [-0.39, 0.29) is 29.9 Å². The highest BCUT2D eigenvalue weighted by atomic mass is 127. The minimum absolute atomic E-state index is 0. The highest BCUT2D eigenvalue weighted by Crippen LogP contribution is 2.23. The molecular formula is C20H33IN4O2. The van der Waals surface area contributed by atoms with Crippen molar-refractivity contribution in [2.75, 3.05) is 26.7 Å². The van der Waals surface area contributed by atoms with Gasteiger partial charge in [-0.05, 0) is 62.8 Å². The number of ether oxygens (including phenoxy) is 1. The van der Waals surface area contributed by atoms with Crippen LogP contribution in [0.2, 0.25) is 0 Å². The largest absolute Gasteiger partial charge is 0.497 e. The molecule has 1 saturated carbocycles. The molecule has 0 bridgehead atoms. The number of guanidine groups is 1. The highest BCUT2D eigenvalue weighted by Gasteiger charge is 2.18. The lowest BCUT2D eigenvalue weighted by molar-refractivity contribution is 0.0955. The van der Waals surface area contributed by atoms with E-state index in [9.17, 15) is 4.79 Å². The number of rotatable bonds is 7. The van der Waals surface area contributed by atoms with Gasteiger partial charge in [-0.1, -0.05) is 6.92 Å². The lowest BCUT2D eigenvalue weighted by Crippen LogP contribution is -2.45. The lowest BCUT2D eigenvalue weighted by atomic mass is 9.87. The van der Waals surface area contributed by atoms with Gasteiger partial charge in [0.2, 0.25) is 0 Å². The topological polar surface area (TPSA) is 74.8 Å². The highest BCUT2D eigenvalue weighted by molar-refractivity contribution is 14.0. The molecule has 0 atom stereocenters. The van der Waals surface area contributed by atoms with Crippen molar-refractivity contribution in [2.24, 2.45) is 10.9 Å². The van der Waals surface area contributed by atoms with Gasteiger partial charge in [-0.25, -0.2) is 0 Å². The number of benzene rings is 1. The van der Waals surface area contributed by atoms with Crippen LogP contribution in [-0.4, -0.2) is 44.7 Å². The standard InChI is InChI=1S/C20H32N4O2.HI/c1-4-21-20(24-17-9-5-15(2)6-10-17)23-14-13-22-19(25)16-7-11-18(26-3)12-8-16;/h7-8,11-12,15,17H,4-6,9-10,13-14H2,1-3H3,(H,22,25)(H2,21,23,24);1H. The van der Waals surface area contributed by atoms with Gasteiger partial charge in [-0.3, -0.25) is 9.79 Å². The lowest BCUT2D eigenvalue weighted by Gasteiger charge is -2.28. The van der Waals surface area contributed by atoms with E-state index in [1.165, 1.54) is 25.7 Å². The van der Waals surface area contributed by atoms with Crippen LogP contribution in [0.5, 0.6) is 5.75 Å². The van der Waals surface area contributed by atoms with E-state index in [1.54, 1.807) is 31.4 Å². The quantitative estimate of drug-likeness (QED) is 0.239. The molecule has 1 aromatic rings. The summed E-state index contributed by atoms with van der Waals surface area (Å²) in [5.41, 5.74) is 0.621. The van der Waals surface area contributed by atoms with Gasteiger partial charge in [0.15, 0.2) is 5.96 Å². The van der Waals surface area contributed by atoms with Crippen molar-refractivity contribution in [1.82, 2.24) is 16.0 Å². The van der Waals surface area contributed by atoms with Crippen LogP contribution >= 0.6 is 24.0 Å². The molecule has 1 fully saturated rings. The number of amides is 1. The predicted molar refractivity (Wildman–Crippen MR) is 121 cm³/mol. The van der Waals surface area contributed by atoms with Crippen molar-refractivity contribution >= 4 is 35.8 Å². The Hall–Kier alpha value is -1.51. The first-order chi connectivity index (χ1) is 12.6. The van der Waals surface area contributed by atoms with E-state index >= 15 is 0 Å². The number of halogens is 1. The Morgan fingerprint density at radius 2 is 1.81 bits per heavy atom. The molecule has 0 spiro atoms. The first-order valence-electron chi connectivity index (χ1n) is 9.59. The van der Waals surface area contributed by atoms with Crippen molar-refractivity contribution < 1.29 is 9.53 Å². The number of carbonyl (C=O) groups excluding carboxylic acids is 1. The minimum Gasteiger partial charge on any atom is -0.497 e. The van der Waals surface area contributed by atoms with Gasteiger partial charge in [0.1, 0.15) is 5.75 Å². The molecule has 3 N–H and O–H groups in total. The second-order valence-electron chi connectivity index (χ2n) is 6.85. The monoisotopic (exact) mass is 488 g/mol. The Balaban J connectivity index is 0.00000364. The van der Waals surface area contributed by atoms with Gasteiger partial charge < -0.3 is 20.7 Å². The Morgan fingerprint density at radius 3 is 2.41 bits per heavy atom. The zero-order chi connectivity index (χ0) is 18.8. The Kier molecular flexibility index (Phi) is 11.2. The van der Waals surface area contributed by atoms with Gasteiger partial charge in [0.25, 0.3) is 5.91 Å². The molecule has 0 aliphatic heterocycles. The van der Waals surface area contributed by atoms with Gasteiger partial charge in [0.05, 0.1) is 13.7 Å². The van der Waals surface area contributed by atoms with Crippen molar-refractivity contribution in [2.45, 2.75) is 45.6 Å². The summed E-state index contributed by atoms with van der Waals surface area (Å²) in [5.74, 6) is 2.32. The van der Waals surface area contributed by atoms with E-state index in [4.69, 9.17) is 4.74 Å². The van der Waals surface area contributed by atoms with E-state index in [0.717, 1.165) is 24.2 Å². The third kappa shape index (κ3) is 8.36. The first-order valence-corrected chi connectivity index (χ1v) is 9.59. The van der Waals surface area contributed by atoms with E-state index in [0.29, 0.717) is 24.7 Å². The average Bonchev–Trinajstić information content (AvgIpc) is 2.67. The minimum atomic E-state index is -0.0953. The molecule has 1 aliphatic carbocycles. The fourth-order valence-corrected chi connectivity index (χ4v) is 3.10. The van der Waals surface area contributed by atoms with Crippen LogP contribution in [0.15, 0.2) is 29.3 Å². The zero-order valence-electron chi connectivity index (χ0n) is 16.6. The Bertz CT molecular complexity index is 584. The maximum absolute atomic E-state index is 12.1. The summed E-state index contributed by atoms with van der Waals surface area (Å²) >= 11 is 0. The molecule has 7 heteroatoms.